The van der Waals surface area contributed by atoms with Crippen molar-refractivity contribution >= 4 is 23.5 Å². The molecule has 9 heteroatoms. The number of halogens is 3. The van der Waals surface area contributed by atoms with Crippen LogP contribution < -0.4 is 10.6 Å². The number of carbonyl (C=O) groups is 3. The van der Waals surface area contributed by atoms with E-state index in [0.29, 0.717) is 18.1 Å². The molecule has 0 unspecified atom stereocenters. The van der Waals surface area contributed by atoms with Gasteiger partial charge in [0.05, 0.1) is 17.8 Å². The van der Waals surface area contributed by atoms with Gasteiger partial charge in [0.15, 0.2) is 24.1 Å². The van der Waals surface area contributed by atoms with Crippen LogP contribution in [0.1, 0.15) is 21.5 Å². The van der Waals surface area contributed by atoms with Crippen LogP contribution in [0.15, 0.2) is 66.7 Å². The number of rotatable bonds is 8. The number of amides is 2. The summed E-state index contributed by atoms with van der Waals surface area (Å²) in [7, 11) is 0. The van der Waals surface area contributed by atoms with E-state index in [9.17, 15) is 27.6 Å². The third-order valence-electron chi connectivity index (χ3n) is 4.56. The lowest BCUT2D eigenvalue weighted by molar-refractivity contribution is -0.126. The molecule has 0 radical (unpaired) electrons. The van der Waals surface area contributed by atoms with Crippen molar-refractivity contribution in [2.24, 2.45) is 0 Å². The first-order chi connectivity index (χ1) is 15.8. The van der Waals surface area contributed by atoms with Crippen molar-refractivity contribution in [1.82, 2.24) is 5.32 Å². The van der Waals surface area contributed by atoms with Crippen molar-refractivity contribution in [3.05, 3.63) is 101 Å². The van der Waals surface area contributed by atoms with Gasteiger partial charge in [-0.2, -0.15) is 0 Å². The summed E-state index contributed by atoms with van der Waals surface area (Å²) in [4.78, 5) is 36.2. The fraction of sp³-hybridized carbons (Fsp3) is 0.125. The summed E-state index contributed by atoms with van der Waals surface area (Å²) in [5, 5.41) is 4.20. The zero-order valence-electron chi connectivity index (χ0n) is 17.2. The lowest BCUT2D eigenvalue weighted by Gasteiger charge is -2.11. The van der Waals surface area contributed by atoms with Crippen LogP contribution in [-0.4, -0.2) is 30.9 Å². The maximum atomic E-state index is 13.6. The third-order valence-corrected chi connectivity index (χ3v) is 4.56. The van der Waals surface area contributed by atoms with Crippen LogP contribution in [0, 0.1) is 17.5 Å². The zero-order valence-corrected chi connectivity index (χ0v) is 17.2. The molecular formula is C24H19F3N2O4. The second-order valence-corrected chi connectivity index (χ2v) is 6.94. The minimum Gasteiger partial charge on any atom is -0.452 e. The van der Waals surface area contributed by atoms with E-state index in [4.69, 9.17) is 4.74 Å². The predicted octanol–water partition coefficient (Wildman–Crippen LogP) is 3.61. The highest BCUT2D eigenvalue weighted by atomic mass is 19.2. The normalized spacial score (nSPS) is 10.4. The van der Waals surface area contributed by atoms with Gasteiger partial charge >= 0.3 is 5.97 Å². The topological polar surface area (TPSA) is 84.5 Å². The van der Waals surface area contributed by atoms with E-state index in [-0.39, 0.29) is 0 Å². The molecule has 0 aliphatic rings. The summed E-state index contributed by atoms with van der Waals surface area (Å²) in [6, 6.07) is 17.8. The Labute approximate surface area is 187 Å². The summed E-state index contributed by atoms with van der Waals surface area (Å²) in [5.74, 6) is -7.04. The Morgan fingerprint density at radius 2 is 1.48 bits per heavy atom. The van der Waals surface area contributed by atoms with Crippen LogP contribution in [0.25, 0.3) is 0 Å². The van der Waals surface area contributed by atoms with Crippen LogP contribution in [0.3, 0.4) is 0 Å². The number of hydrogen-bond acceptors (Lipinski definition) is 4. The fourth-order valence-corrected chi connectivity index (χ4v) is 2.94. The maximum absolute atomic E-state index is 13.6. The van der Waals surface area contributed by atoms with Crippen molar-refractivity contribution in [1.29, 1.82) is 0 Å². The van der Waals surface area contributed by atoms with Crippen LogP contribution in [0.4, 0.5) is 18.9 Å². The van der Waals surface area contributed by atoms with E-state index >= 15 is 0 Å². The SMILES string of the molecule is O=C(COC(=O)c1ccccc1Cc1ccccc1)NCC(=O)Nc1ccc(F)c(F)c1F. The lowest BCUT2D eigenvalue weighted by atomic mass is 10.00. The molecule has 2 N–H and O–H groups in total. The summed E-state index contributed by atoms with van der Waals surface area (Å²) < 4.78 is 44.8. The standard InChI is InChI=1S/C24H19F3N2O4/c25-18-10-11-19(23(27)22(18)26)29-20(30)13-28-21(31)14-33-24(32)17-9-5-4-8-16(17)12-15-6-2-1-3-7-15/h1-11H,12-14H2,(H,28,31)(H,29,30). The van der Waals surface area contributed by atoms with E-state index in [1.165, 1.54) is 0 Å². The van der Waals surface area contributed by atoms with Gasteiger partial charge in [-0.25, -0.2) is 18.0 Å². The first kappa shape index (κ1) is 23.5. The Morgan fingerprint density at radius 1 is 0.788 bits per heavy atom. The Bertz CT molecular complexity index is 1170. The maximum Gasteiger partial charge on any atom is 0.338 e. The zero-order chi connectivity index (χ0) is 23.8. The first-order valence-electron chi connectivity index (χ1n) is 9.84. The highest BCUT2D eigenvalue weighted by Gasteiger charge is 2.17. The molecule has 6 nitrogen and oxygen atoms in total. The molecule has 0 saturated heterocycles. The van der Waals surface area contributed by atoms with Crippen molar-refractivity contribution < 1.29 is 32.3 Å². The first-order valence-corrected chi connectivity index (χ1v) is 9.84. The van der Waals surface area contributed by atoms with Crippen LogP contribution in [-0.2, 0) is 20.7 Å². The second kappa shape index (κ2) is 10.9. The van der Waals surface area contributed by atoms with Crippen molar-refractivity contribution in [3.63, 3.8) is 0 Å². The summed E-state index contributed by atoms with van der Waals surface area (Å²) in [6.07, 6.45) is 0.499. The third kappa shape index (κ3) is 6.42. The van der Waals surface area contributed by atoms with E-state index < -0.39 is 54.1 Å². The predicted molar refractivity (Wildman–Crippen MR) is 114 cm³/mol. The highest BCUT2D eigenvalue weighted by Crippen LogP contribution is 2.19. The molecule has 0 aliphatic heterocycles. The van der Waals surface area contributed by atoms with Gasteiger partial charge in [-0.15, -0.1) is 0 Å². The number of carbonyl (C=O) groups excluding carboxylic acids is 3. The highest BCUT2D eigenvalue weighted by molar-refractivity contribution is 5.96. The molecule has 0 bridgehead atoms. The average molecular weight is 456 g/mol. The Morgan fingerprint density at radius 3 is 2.24 bits per heavy atom. The smallest absolute Gasteiger partial charge is 0.338 e. The number of esters is 1. The van der Waals surface area contributed by atoms with Gasteiger partial charge in [-0.05, 0) is 35.7 Å². The van der Waals surface area contributed by atoms with Gasteiger partial charge in [0.2, 0.25) is 5.91 Å². The fourth-order valence-electron chi connectivity index (χ4n) is 2.94. The van der Waals surface area contributed by atoms with Crippen molar-refractivity contribution in [2.45, 2.75) is 6.42 Å². The van der Waals surface area contributed by atoms with E-state index in [0.717, 1.165) is 17.2 Å². The van der Waals surface area contributed by atoms with Gasteiger partial charge in [0, 0.05) is 0 Å². The number of hydrogen-bond donors (Lipinski definition) is 2. The molecule has 0 heterocycles. The molecule has 0 saturated carbocycles. The quantitative estimate of drug-likeness (QED) is 0.401. The lowest BCUT2D eigenvalue weighted by Crippen LogP contribution is -2.35. The van der Waals surface area contributed by atoms with Gasteiger partial charge in [-0.1, -0.05) is 48.5 Å². The molecule has 0 aliphatic carbocycles. The van der Waals surface area contributed by atoms with Gasteiger partial charge in [0.1, 0.15) is 0 Å². The van der Waals surface area contributed by atoms with Gasteiger partial charge < -0.3 is 15.4 Å². The van der Waals surface area contributed by atoms with E-state index in [1.807, 2.05) is 35.6 Å². The molecule has 33 heavy (non-hydrogen) atoms. The van der Waals surface area contributed by atoms with Crippen LogP contribution in [0.2, 0.25) is 0 Å². The number of nitrogens with one attached hydrogen (secondary N) is 2. The Hall–Kier alpha value is -4.14. The minimum atomic E-state index is -1.73. The second-order valence-electron chi connectivity index (χ2n) is 6.94. The van der Waals surface area contributed by atoms with Crippen molar-refractivity contribution in [2.75, 3.05) is 18.5 Å². The summed E-state index contributed by atoms with van der Waals surface area (Å²) in [5.41, 5.74) is 1.45. The molecular weight excluding hydrogens is 437 g/mol. The molecule has 3 rings (SSSR count). The largest absolute Gasteiger partial charge is 0.452 e. The van der Waals surface area contributed by atoms with Crippen LogP contribution in [0.5, 0.6) is 0 Å². The molecule has 0 atom stereocenters. The molecule has 0 fully saturated rings. The van der Waals surface area contributed by atoms with E-state index in [2.05, 4.69) is 5.32 Å². The molecule has 0 aromatic heterocycles. The Kier molecular flexibility index (Phi) is 7.80. The molecule has 0 spiro atoms. The summed E-state index contributed by atoms with van der Waals surface area (Å²) in [6.45, 7) is -1.25. The summed E-state index contributed by atoms with van der Waals surface area (Å²) >= 11 is 0. The van der Waals surface area contributed by atoms with Crippen LogP contribution >= 0.6 is 0 Å². The van der Waals surface area contributed by atoms with E-state index in [1.54, 1.807) is 24.3 Å². The van der Waals surface area contributed by atoms with Gasteiger partial charge in [0.25, 0.3) is 5.91 Å². The number of ether oxygens (including phenoxy) is 1. The minimum absolute atomic E-state index is 0.306. The van der Waals surface area contributed by atoms with Crippen molar-refractivity contribution in [3.8, 4) is 0 Å². The Balaban J connectivity index is 1.50. The number of anilines is 1. The average Bonchev–Trinajstić information content (AvgIpc) is 2.82. The molecule has 2 amide bonds. The molecule has 3 aromatic carbocycles. The monoisotopic (exact) mass is 456 g/mol. The molecule has 170 valence electrons. The molecule has 3 aromatic rings. The van der Waals surface area contributed by atoms with Gasteiger partial charge in [-0.3, -0.25) is 9.59 Å². The number of benzene rings is 3.